The van der Waals surface area contributed by atoms with Crippen molar-refractivity contribution in [2.24, 2.45) is 11.8 Å². The van der Waals surface area contributed by atoms with Gasteiger partial charge in [-0.2, -0.15) is 0 Å². The van der Waals surface area contributed by atoms with Crippen LogP contribution in [0, 0.1) is 18.8 Å². The van der Waals surface area contributed by atoms with Gasteiger partial charge in [-0.1, -0.05) is 5.16 Å². The number of hydrogen-bond acceptors (Lipinski definition) is 6. The fraction of sp³-hybridized carbons (Fsp3) is 0.619. The van der Waals surface area contributed by atoms with Gasteiger partial charge < -0.3 is 14.7 Å². The second-order valence-electron chi connectivity index (χ2n) is 8.43. The molecule has 0 aliphatic heterocycles. The van der Waals surface area contributed by atoms with E-state index < -0.39 is 0 Å². The molecule has 0 spiro atoms. The summed E-state index contributed by atoms with van der Waals surface area (Å²) in [5.74, 6) is 2.92. The van der Waals surface area contributed by atoms with Gasteiger partial charge in [0.25, 0.3) is 0 Å². The van der Waals surface area contributed by atoms with Crippen molar-refractivity contribution in [3.05, 3.63) is 23.7 Å². The summed E-state index contributed by atoms with van der Waals surface area (Å²) in [5.41, 5.74) is 2.85. The number of aryl methyl sites for hydroxylation is 1. The maximum atomic E-state index is 11.9. The number of anilines is 1. The summed E-state index contributed by atoms with van der Waals surface area (Å²) in [6.07, 6.45) is 8.31. The van der Waals surface area contributed by atoms with Gasteiger partial charge >= 0.3 is 0 Å². The van der Waals surface area contributed by atoms with Crippen LogP contribution >= 0.6 is 0 Å². The number of carbonyl (C=O) groups excluding carboxylic acids is 1. The van der Waals surface area contributed by atoms with Crippen LogP contribution < -0.4 is 10.2 Å². The topological polar surface area (TPSA) is 84.2 Å². The summed E-state index contributed by atoms with van der Waals surface area (Å²) in [6, 6.07) is 1.94. The van der Waals surface area contributed by atoms with Crippen molar-refractivity contribution >= 4 is 11.9 Å². The number of nitrogens with one attached hydrogen (secondary N) is 1. The van der Waals surface area contributed by atoms with E-state index in [1.54, 1.807) is 0 Å². The maximum absolute atomic E-state index is 11.9. The van der Waals surface area contributed by atoms with Crippen LogP contribution in [0.1, 0.15) is 55.8 Å². The second-order valence-corrected chi connectivity index (χ2v) is 8.43. The molecule has 0 saturated heterocycles. The smallest absolute Gasteiger partial charge is 0.225 e. The van der Waals surface area contributed by atoms with Crippen molar-refractivity contribution in [3.8, 4) is 11.3 Å². The van der Waals surface area contributed by atoms with E-state index in [2.05, 4.69) is 15.5 Å². The molecule has 2 saturated carbocycles. The Morgan fingerprint density at radius 2 is 1.96 bits per heavy atom. The minimum Gasteiger partial charge on any atom is -0.356 e. The fourth-order valence-electron chi connectivity index (χ4n) is 3.97. The van der Waals surface area contributed by atoms with Gasteiger partial charge in [0, 0.05) is 44.7 Å². The van der Waals surface area contributed by atoms with Gasteiger partial charge in [0.15, 0.2) is 5.76 Å². The third kappa shape index (κ3) is 4.18. The number of amides is 1. The van der Waals surface area contributed by atoms with E-state index in [-0.39, 0.29) is 11.8 Å². The van der Waals surface area contributed by atoms with Gasteiger partial charge in [0.1, 0.15) is 0 Å². The number of aromatic nitrogens is 3. The highest BCUT2D eigenvalue weighted by Gasteiger charge is 2.31. The molecule has 28 heavy (non-hydrogen) atoms. The Bertz CT molecular complexity index is 835. The Morgan fingerprint density at radius 1 is 1.21 bits per heavy atom. The highest BCUT2D eigenvalue weighted by atomic mass is 16.5. The predicted molar refractivity (Wildman–Crippen MR) is 107 cm³/mol. The van der Waals surface area contributed by atoms with E-state index in [0.717, 1.165) is 67.8 Å². The zero-order chi connectivity index (χ0) is 19.7. The average Bonchev–Trinajstić information content (AvgIpc) is 3.47. The molecule has 0 radical (unpaired) electrons. The number of rotatable bonds is 6. The molecule has 7 heteroatoms. The Balaban J connectivity index is 1.47. The van der Waals surface area contributed by atoms with Crippen molar-refractivity contribution in [1.82, 2.24) is 20.4 Å². The lowest BCUT2D eigenvalue weighted by molar-refractivity contribution is -0.122. The first-order valence-corrected chi connectivity index (χ1v) is 10.3. The number of hydrogen-bond donors (Lipinski definition) is 1. The Hall–Kier alpha value is -2.44. The van der Waals surface area contributed by atoms with Gasteiger partial charge in [-0.25, -0.2) is 9.97 Å². The van der Waals surface area contributed by atoms with E-state index in [1.807, 2.05) is 38.2 Å². The average molecular weight is 383 g/mol. The van der Waals surface area contributed by atoms with E-state index in [0.29, 0.717) is 17.8 Å². The third-order valence-electron chi connectivity index (χ3n) is 5.85. The van der Waals surface area contributed by atoms with E-state index >= 15 is 0 Å². The molecule has 150 valence electrons. The lowest BCUT2D eigenvalue weighted by Crippen LogP contribution is -2.32. The summed E-state index contributed by atoms with van der Waals surface area (Å²) in [7, 11) is 3.91. The van der Waals surface area contributed by atoms with Crippen molar-refractivity contribution in [2.75, 3.05) is 25.5 Å². The van der Waals surface area contributed by atoms with Gasteiger partial charge in [-0.05, 0) is 51.4 Å². The van der Waals surface area contributed by atoms with Gasteiger partial charge in [0.2, 0.25) is 11.9 Å². The third-order valence-corrected chi connectivity index (χ3v) is 5.85. The van der Waals surface area contributed by atoms with Crippen molar-refractivity contribution in [2.45, 2.75) is 51.4 Å². The SMILES string of the molecule is Cc1cc(-c2cnc(N(C)C)nc2C2CCC(CNC(=O)C3CC3)CC2)on1. The standard InChI is InChI=1S/C21H29N5O2/c1-13-10-18(28-25-13)17-12-23-21(26(2)3)24-19(17)15-6-4-14(5-7-15)11-22-20(27)16-8-9-16/h10,12,14-16H,4-9,11H2,1-3H3,(H,22,27). The Labute approximate surface area is 165 Å². The molecule has 1 amide bonds. The molecule has 0 aromatic carbocycles. The fourth-order valence-corrected chi connectivity index (χ4v) is 3.97. The van der Waals surface area contributed by atoms with Crippen molar-refractivity contribution < 1.29 is 9.32 Å². The van der Waals surface area contributed by atoms with Crippen LogP contribution in [0.3, 0.4) is 0 Å². The molecule has 2 aromatic rings. The predicted octanol–water partition coefficient (Wildman–Crippen LogP) is 3.31. The van der Waals surface area contributed by atoms with Crippen LogP contribution in [0.4, 0.5) is 5.95 Å². The lowest BCUT2D eigenvalue weighted by atomic mass is 9.79. The van der Waals surface area contributed by atoms with Crippen LogP contribution in [0.5, 0.6) is 0 Å². The largest absolute Gasteiger partial charge is 0.356 e. The second kappa shape index (κ2) is 7.89. The van der Waals surface area contributed by atoms with E-state index in [4.69, 9.17) is 9.51 Å². The monoisotopic (exact) mass is 383 g/mol. The molecule has 0 bridgehead atoms. The van der Waals surface area contributed by atoms with Crippen molar-refractivity contribution in [3.63, 3.8) is 0 Å². The highest BCUT2D eigenvalue weighted by Crippen LogP contribution is 2.39. The minimum atomic E-state index is 0.247. The molecular formula is C21H29N5O2. The molecule has 1 N–H and O–H groups in total. The molecule has 2 aliphatic carbocycles. The van der Waals surface area contributed by atoms with Crippen LogP contribution in [0.25, 0.3) is 11.3 Å². The molecule has 7 nitrogen and oxygen atoms in total. The summed E-state index contributed by atoms with van der Waals surface area (Å²) < 4.78 is 5.51. The van der Waals surface area contributed by atoms with Gasteiger partial charge in [0.05, 0.1) is 17.0 Å². The zero-order valence-electron chi connectivity index (χ0n) is 16.9. The maximum Gasteiger partial charge on any atom is 0.225 e. The molecule has 0 atom stereocenters. The number of nitrogens with zero attached hydrogens (tertiary/aromatic N) is 4. The quantitative estimate of drug-likeness (QED) is 0.824. The first-order chi connectivity index (χ1) is 13.5. The lowest BCUT2D eigenvalue weighted by Gasteiger charge is -2.29. The van der Waals surface area contributed by atoms with Crippen molar-refractivity contribution in [1.29, 1.82) is 0 Å². The highest BCUT2D eigenvalue weighted by molar-refractivity contribution is 5.80. The van der Waals surface area contributed by atoms with Crippen LogP contribution in [0.2, 0.25) is 0 Å². The van der Waals surface area contributed by atoms with E-state index in [1.165, 1.54) is 0 Å². The van der Waals surface area contributed by atoms with Crippen LogP contribution in [-0.2, 0) is 4.79 Å². The summed E-state index contributed by atoms with van der Waals surface area (Å²) in [6.45, 7) is 2.73. The van der Waals surface area contributed by atoms with E-state index in [9.17, 15) is 4.79 Å². The first kappa shape index (κ1) is 18.9. The zero-order valence-corrected chi connectivity index (χ0v) is 16.9. The molecule has 2 aromatic heterocycles. The Kier molecular flexibility index (Phi) is 5.33. The molecule has 2 fully saturated rings. The van der Waals surface area contributed by atoms with Crippen LogP contribution in [-0.4, -0.2) is 41.7 Å². The van der Waals surface area contributed by atoms with Gasteiger partial charge in [-0.3, -0.25) is 4.79 Å². The first-order valence-electron chi connectivity index (χ1n) is 10.3. The molecule has 2 aliphatic rings. The number of carbonyl (C=O) groups is 1. The van der Waals surface area contributed by atoms with Crippen LogP contribution in [0.15, 0.2) is 16.8 Å². The molecule has 0 unspecified atom stereocenters. The summed E-state index contributed by atoms with van der Waals surface area (Å²) >= 11 is 0. The normalized spacial score (nSPS) is 22.1. The van der Waals surface area contributed by atoms with Gasteiger partial charge in [-0.15, -0.1) is 0 Å². The minimum absolute atomic E-state index is 0.247. The molecular weight excluding hydrogens is 354 g/mol. The molecule has 4 rings (SSSR count). The molecule has 2 heterocycles. The summed E-state index contributed by atoms with van der Waals surface area (Å²) in [5, 5.41) is 7.17. The summed E-state index contributed by atoms with van der Waals surface area (Å²) in [4.78, 5) is 23.2. The Morgan fingerprint density at radius 3 is 2.57 bits per heavy atom.